The first-order valence-corrected chi connectivity index (χ1v) is 6.21. The number of carbonyl (C=O) groups is 1. The van der Waals surface area contributed by atoms with Crippen LogP contribution in [-0.4, -0.2) is 19.0 Å². The van der Waals surface area contributed by atoms with Crippen molar-refractivity contribution in [2.75, 3.05) is 13.1 Å². The van der Waals surface area contributed by atoms with E-state index in [0.29, 0.717) is 12.3 Å². The molecule has 90 valence electrons. The number of unbranched alkanes of at least 4 members (excludes halogenated alkanes) is 1. The van der Waals surface area contributed by atoms with Gasteiger partial charge in [-0.3, -0.25) is 4.79 Å². The monoisotopic (exact) mass is 214 g/mol. The molecule has 0 aliphatic rings. The number of hydrogen-bond donors (Lipinski definition) is 2. The zero-order chi connectivity index (χ0) is 11.5. The predicted octanol–water partition coefficient (Wildman–Crippen LogP) is 2.06. The predicted molar refractivity (Wildman–Crippen MR) is 64.6 cm³/mol. The average Bonchev–Trinajstić information content (AvgIpc) is 2.24. The molecule has 0 rings (SSSR count). The molecule has 0 aromatic heterocycles. The molecule has 0 saturated carbocycles. The smallest absolute Gasteiger partial charge is 0.220 e. The van der Waals surface area contributed by atoms with Crippen LogP contribution in [0.4, 0.5) is 0 Å². The van der Waals surface area contributed by atoms with Crippen molar-refractivity contribution in [2.45, 2.75) is 52.4 Å². The Bertz CT molecular complexity index is 160. The number of carbonyl (C=O) groups excluding carboxylic acids is 1. The van der Waals surface area contributed by atoms with Gasteiger partial charge in [-0.2, -0.15) is 0 Å². The summed E-state index contributed by atoms with van der Waals surface area (Å²) in [5.74, 6) is 0.811. The van der Waals surface area contributed by atoms with Crippen molar-refractivity contribution >= 4 is 5.91 Å². The summed E-state index contributed by atoms with van der Waals surface area (Å²) < 4.78 is 0. The highest BCUT2D eigenvalue weighted by molar-refractivity contribution is 5.75. The van der Waals surface area contributed by atoms with Gasteiger partial charge in [0.1, 0.15) is 0 Å². The Labute approximate surface area is 93.8 Å². The fourth-order valence-corrected chi connectivity index (χ4v) is 1.62. The topological polar surface area (TPSA) is 55.1 Å². The molecule has 1 amide bonds. The van der Waals surface area contributed by atoms with Gasteiger partial charge >= 0.3 is 0 Å². The number of hydrogen-bond acceptors (Lipinski definition) is 2. The maximum absolute atomic E-state index is 11.4. The van der Waals surface area contributed by atoms with Gasteiger partial charge in [-0.15, -0.1) is 0 Å². The van der Waals surface area contributed by atoms with Crippen LogP contribution in [0.5, 0.6) is 0 Å². The van der Waals surface area contributed by atoms with E-state index in [1.54, 1.807) is 0 Å². The van der Waals surface area contributed by atoms with E-state index < -0.39 is 0 Å². The standard InChI is InChI=1S/C12H26N2O/c1-3-5-10-14-12(15)7-6-11(4-2)8-9-13/h11H,3-10,13H2,1-2H3,(H,14,15). The highest BCUT2D eigenvalue weighted by Gasteiger charge is 2.08. The number of rotatable bonds is 9. The number of nitrogens with two attached hydrogens (primary N) is 1. The second-order valence-corrected chi connectivity index (χ2v) is 4.09. The second kappa shape index (κ2) is 9.97. The third-order valence-electron chi connectivity index (χ3n) is 2.78. The highest BCUT2D eigenvalue weighted by atomic mass is 16.1. The van der Waals surface area contributed by atoms with E-state index in [-0.39, 0.29) is 5.91 Å². The third kappa shape index (κ3) is 8.43. The lowest BCUT2D eigenvalue weighted by Crippen LogP contribution is -2.24. The molecule has 0 heterocycles. The Morgan fingerprint density at radius 3 is 2.60 bits per heavy atom. The fourth-order valence-electron chi connectivity index (χ4n) is 1.62. The van der Waals surface area contributed by atoms with E-state index in [9.17, 15) is 4.79 Å². The van der Waals surface area contributed by atoms with Gasteiger partial charge in [0.25, 0.3) is 0 Å². The van der Waals surface area contributed by atoms with Crippen LogP contribution in [0.3, 0.4) is 0 Å². The first kappa shape index (κ1) is 14.4. The first-order chi connectivity index (χ1) is 7.24. The van der Waals surface area contributed by atoms with Gasteiger partial charge in [-0.1, -0.05) is 26.7 Å². The maximum atomic E-state index is 11.4. The molecule has 3 nitrogen and oxygen atoms in total. The minimum Gasteiger partial charge on any atom is -0.356 e. The van der Waals surface area contributed by atoms with Gasteiger partial charge in [0.05, 0.1) is 0 Å². The van der Waals surface area contributed by atoms with Crippen molar-refractivity contribution in [2.24, 2.45) is 11.7 Å². The van der Waals surface area contributed by atoms with E-state index in [4.69, 9.17) is 5.73 Å². The Kier molecular flexibility index (Phi) is 9.59. The van der Waals surface area contributed by atoms with E-state index in [1.807, 2.05) is 0 Å². The van der Waals surface area contributed by atoms with Gasteiger partial charge in [-0.05, 0) is 31.7 Å². The molecule has 0 spiro atoms. The summed E-state index contributed by atoms with van der Waals surface area (Å²) in [5, 5.41) is 2.93. The highest BCUT2D eigenvalue weighted by Crippen LogP contribution is 2.14. The molecule has 0 radical (unpaired) electrons. The molecule has 3 heteroatoms. The second-order valence-electron chi connectivity index (χ2n) is 4.09. The quantitative estimate of drug-likeness (QED) is 0.577. The zero-order valence-electron chi connectivity index (χ0n) is 10.2. The molecule has 1 unspecified atom stereocenters. The molecule has 0 aliphatic heterocycles. The van der Waals surface area contributed by atoms with Crippen LogP contribution in [0.1, 0.15) is 52.4 Å². The van der Waals surface area contributed by atoms with Crippen molar-refractivity contribution in [3.63, 3.8) is 0 Å². The molecule has 15 heavy (non-hydrogen) atoms. The summed E-state index contributed by atoms with van der Waals surface area (Å²) in [6.07, 6.45) is 6.00. The first-order valence-electron chi connectivity index (χ1n) is 6.21. The van der Waals surface area contributed by atoms with Crippen LogP contribution in [0.2, 0.25) is 0 Å². The summed E-state index contributed by atoms with van der Waals surface area (Å²) in [5.41, 5.74) is 5.51. The average molecular weight is 214 g/mol. The lowest BCUT2D eigenvalue weighted by Gasteiger charge is -2.12. The SMILES string of the molecule is CCCCNC(=O)CCC(CC)CCN. The molecular formula is C12H26N2O. The van der Waals surface area contributed by atoms with E-state index in [0.717, 1.165) is 45.2 Å². The molecule has 3 N–H and O–H groups in total. The Balaban J connectivity index is 3.50. The summed E-state index contributed by atoms with van der Waals surface area (Å²) >= 11 is 0. The normalized spacial score (nSPS) is 12.5. The summed E-state index contributed by atoms with van der Waals surface area (Å²) in [4.78, 5) is 11.4. The van der Waals surface area contributed by atoms with Crippen LogP contribution in [0.25, 0.3) is 0 Å². The lowest BCUT2D eigenvalue weighted by molar-refractivity contribution is -0.121. The van der Waals surface area contributed by atoms with Crippen molar-refractivity contribution in [3.05, 3.63) is 0 Å². The van der Waals surface area contributed by atoms with Crippen LogP contribution in [0, 0.1) is 5.92 Å². The van der Waals surface area contributed by atoms with Gasteiger partial charge in [-0.25, -0.2) is 0 Å². The number of amides is 1. The van der Waals surface area contributed by atoms with Crippen LogP contribution in [0.15, 0.2) is 0 Å². The Morgan fingerprint density at radius 1 is 1.33 bits per heavy atom. The lowest BCUT2D eigenvalue weighted by atomic mass is 9.96. The minimum absolute atomic E-state index is 0.193. The minimum atomic E-state index is 0.193. The van der Waals surface area contributed by atoms with Crippen molar-refractivity contribution < 1.29 is 4.79 Å². The summed E-state index contributed by atoms with van der Waals surface area (Å²) in [7, 11) is 0. The molecule has 0 aromatic rings. The van der Waals surface area contributed by atoms with E-state index in [2.05, 4.69) is 19.2 Å². The van der Waals surface area contributed by atoms with Gasteiger partial charge in [0, 0.05) is 13.0 Å². The van der Waals surface area contributed by atoms with E-state index >= 15 is 0 Å². The van der Waals surface area contributed by atoms with Crippen molar-refractivity contribution in [1.82, 2.24) is 5.32 Å². The summed E-state index contributed by atoms with van der Waals surface area (Å²) in [6.45, 7) is 5.84. The van der Waals surface area contributed by atoms with Crippen molar-refractivity contribution in [3.8, 4) is 0 Å². The fraction of sp³-hybridized carbons (Fsp3) is 0.917. The number of nitrogens with one attached hydrogen (secondary N) is 1. The zero-order valence-corrected chi connectivity index (χ0v) is 10.2. The van der Waals surface area contributed by atoms with Gasteiger partial charge in [0.2, 0.25) is 5.91 Å². The summed E-state index contributed by atoms with van der Waals surface area (Å²) in [6, 6.07) is 0. The molecule has 1 atom stereocenters. The molecule has 0 fully saturated rings. The van der Waals surface area contributed by atoms with Gasteiger partial charge < -0.3 is 11.1 Å². The Morgan fingerprint density at radius 2 is 2.07 bits per heavy atom. The van der Waals surface area contributed by atoms with Crippen LogP contribution < -0.4 is 11.1 Å². The third-order valence-corrected chi connectivity index (χ3v) is 2.78. The molecular weight excluding hydrogens is 188 g/mol. The van der Waals surface area contributed by atoms with Crippen molar-refractivity contribution in [1.29, 1.82) is 0 Å². The van der Waals surface area contributed by atoms with Gasteiger partial charge in [0.15, 0.2) is 0 Å². The molecule has 0 aromatic carbocycles. The molecule has 0 saturated heterocycles. The van der Waals surface area contributed by atoms with Crippen LogP contribution >= 0.6 is 0 Å². The molecule has 0 aliphatic carbocycles. The van der Waals surface area contributed by atoms with E-state index in [1.165, 1.54) is 0 Å². The maximum Gasteiger partial charge on any atom is 0.220 e. The largest absolute Gasteiger partial charge is 0.356 e. The van der Waals surface area contributed by atoms with Crippen LogP contribution in [-0.2, 0) is 4.79 Å². The molecule has 0 bridgehead atoms. The Hall–Kier alpha value is -0.570.